The highest BCUT2D eigenvalue weighted by atomic mass is 35.5. The maximum atomic E-state index is 12.3. The molecule has 9 heteroatoms. The van der Waals surface area contributed by atoms with E-state index >= 15 is 0 Å². The number of nitrogens with two attached hydrogens (primary N) is 1. The van der Waals surface area contributed by atoms with E-state index in [4.69, 9.17) is 33.7 Å². The predicted molar refractivity (Wildman–Crippen MR) is 101 cm³/mol. The number of nitrogens with zero attached hydrogens (tertiary/aromatic N) is 2. The number of carbonyl (C=O) groups excluding carboxylic acids is 2. The molecule has 0 radical (unpaired) electrons. The summed E-state index contributed by atoms with van der Waals surface area (Å²) in [7, 11) is 0. The Balaban J connectivity index is 3.05. The van der Waals surface area contributed by atoms with E-state index in [-0.39, 0.29) is 34.4 Å². The van der Waals surface area contributed by atoms with Crippen molar-refractivity contribution in [1.82, 2.24) is 4.90 Å². The molecule has 0 fully saturated rings. The van der Waals surface area contributed by atoms with Gasteiger partial charge in [0.1, 0.15) is 17.2 Å². The first-order valence-corrected chi connectivity index (χ1v) is 8.41. The molecule has 0 aliphatic rings. The van der Waals surface area contributed by atoms with Crippen LogP contribution in [0.3, 0.4) is 0 Å². The molecule has 0 aliphatic heterocycles. The Morgan fingerprint density at radius 3 is 2.58 bits per heavy atom. The first-order valence-electron chi connectivity index (χ1n) is 7.66. The molecular formula is C17H20Cl2N4O3. The number of ether oxygens (including phenoxy) is 1. The fraction of sp³-hybridized carbons (Fsp3) is 0.353. The zero-order valence-corrected chi connectivity index (χ0v) is 16.2. The van der Waals surface area contributed by atoms with Crippen LogP contribution >= 0.6 is 23.2 Å². The van der Waals surface area contributed by atoms with Crippen molar-refractivity contribution >= 4 is 40.9 Å². The normalized spacial score (nSPS) is 11.5. The van der Waals surface area contributed by atoms with Crippen molar-refractivity contribution in [2.75, 3.05) is 18.4 Å². The second-order valence-electron chi connectivity index (χ2n) is 6.17. The molecule has 0 aromatic heterocycles. The number of amides is 2. The molecule has 0 aliphatic carbocycles. The lowest BCUT2D eigenvalue weighted by Gasteiger charge is -2.25. The number of nitrogens with one attached hydrogen (secondary N) is 1. The van der Waals surface area contributed by atoms with Crippen molar-refractivity contribution in [1.29, 1.82) is 5.26 Å². The molecule has 0 saturated carbocycles. The number of carbonyl (C=O) groups is 2. The smallest absolute Gasteiger partial charge is 0.414 e. The second kappa shape index (κ2) is 9.43. The number of rotatable bonds is 5. The third kappa shape index (κ3) is 6.56. The predicted octanol–water partition coefficient (Wildman–Crippen LogP) is 3.54. The maximum absolute atomic E-state index is 12.3. The highest BCUT2D eigenvalue weighted by Crippen LogP contribution is 2.29. The standard InChI is InChI=1S/C17H20Cl2N4O3/c1-17(2,3)26-16(25)23(8-7-20)10-11(9-21)15(24)22-13-6-4-5-12(18)14(13)19/h4-6,10H,7-8,20H2,1-3H3,(H,22,24)/b11-10-. The van der Waals surface area contributed by atoms with Crippen LogP contribution in [0.25, 0.3) is 0 Å². The van der Waals surface area contributed by atoms with Crippen molar-refractivity contribution in [3.63, 3.8) is 0 Å². The van der Waals surface area contributed by atoms with E-state index in [0.717, 1.165) is 11.1 Å². The van der Waals surface area contributed by atoms with Gasteiger partial charge >= 0.3 is 6.09 Å². The van der Waals surface area contributed by atoms with Gasteiger partial charge in [0.05, 0.1) is 15.7 Å². The lowest BCUT2D eigenvalue weighted by atomic mass is 10.2. The fourth-order valence-electron chi connectivity index (χ4n) is 1.75. The Bertz CT molecular complexity index is 751. The quantitative estimate of drug-likeness (QED) is 0.582. The third-order valence-electron chi connectivity index (χ3n) is 2.85. The van der Waals surface area contributed by atoms with Gasteiger partial charge in [-0.2, -0.15) is 5.26 Å². The first-order chi connectivity index (χ1) is 12.1. The van der Waals surface area contributed by atoms with Crippen molar-refractivity contribution < 1.29 is 14.3 Å². The molecule has 0 atom stereocenters. The molecule has 1 aromatic carbocycles. The fourth-order valence-corrected chi connectivity index (χ4v) is 2.10. The van der Waals surface area contributed by atoms with Crippen molar-refractivity contribution in [3.8, 4) is 6.07 Å². The van der Waals surface area contributed by atoms with Crippen LogP contribution in [0.1, 0.15) is 20.8 Å². The Hall–Kier alpha value is -2.27. The van der Waals surface area contributed by atoms with Crippen LogP contribution in [0.4, 0.5) is 10.5 Å². The van der Waals surface area contributed by atoms with E-state index in [1.807, 2.05) is 0 Å². The van der Waals surface area contributed by atoms with Gasteiger partial charge in [-0.25, -0.2) is 4.79 Å². The van der Waals surface area contributed by atoms with Crippen LogP contribution in [-0.4, -0.2) is 35.6 Å². The number of halogens is 2. The molecule has 2 amide bonds. The van der Waals surface area contributed by atoms with E-state index in [1.165, 1.54) is 6.07 Å². The van der Waals surface area contributed by atoms with Gasteiger partial charge in [-0.1, -0.05) is 29.3 Å². The Labute approximate surface area is 162 Å². The van der Waals surface area contributed by atoms with E-state index in [0.29, 0.717) is 0 Å². The van der Waals surface area contributed by atoms with Gasteiger partial charge in [-0.15, -0.1) is 0 Å². The summed E-state index contributed by atoms with van der Waals surface area (Å²) in [4.78, 5) is 25.6. The van der Waals surface area contributed by atoms with E-state index in [9.17, 15) is 14.9 Å². The Kier molecular flexibility index (Phi) is 7.90. The summed E-state index contributed by atoms with van der Waals surface area (Å²) < 4.78 is 5.24. The minimum atomic E-state index is -0.748. The minimum Gasteiger partial charge on any atom is -0.443 e. The van der Waals surface area contributed by atoms with Gasteiger partial charge in [0, 0.05) is 19.3 Å². The maximum Gasteiger partial charge on any atom is 0.414 e. The number of benzene rings is 1. The summed E-state index contributed by atoms with van der Waals surface area (Å²) in [5.41, 5.74) is 4.68. The van der Waals surface area contributed by atoms with Crippen LogP contribution in [-0.2, 0) is 9.53 Å². The van der Waals surface area contributed by atoms with Gasteiger partial charge in [-0.3, -0.25) is 9.69 Å². The second-order valence-corrected chi connectivity index (χ2v) is 6.96. The van der Waals surface area contributed by atoms with E-state index in [2.05, 4.69) is 5.32 Å². The SMILES string of the molecule is CC(C)(C)OC(=O)N(/C=C(/C#N)C(=O)Nc1cccc(Cl)c1Cl)CCN. The molecule has 26 heavy (non-hydrogen) atoms. The molecule has 0 spiro atoms. The lowest BCUT2D eigenvalue weighted by molar-refractivity contribution is -0.112. The van der Waals surface area contributed by atoms with Gasteiger partial charge in [0.2, 0.25) is 0 Å². The average Bonchev–Trinajstić information content (AvgIpc) is 2.53. The summed E-state index contributed by atoms with van der Waals surface area (Å²) in [5, 5.41) is 12.2. The largest absolute Gasteiger partial charge is 0.443 e. The molecule has 3 N–H and O–H groups in total. The van der Waals surface area contributed by atoms with Crippen molar-refractivity contribution in [2.45, 2.75) is 26.4 Å². The molecule has 140 valence electrons. The third-order valence-corrected chi connectivity index (χ3v) is 3.67. The van der Waals surface area contributed by atoms with E-state index in [1.54, 1.807) is 39.0 Å². The molecule has 1 aromatic rings. The van der Waals surface area contributed by atoms with Crippen molar-refractivity contribution in [3.05, 3.63) is 40.0 Å². The molecule has 7 nitrogen and oxygen atoms in total. The molecular weight excluding hydrogens is 379 g/mol. The van der Waals surface area contributed by atoms with Crippen LogP contribution in [0.2, 0.25) is 10.0 Å². The summed E-state index contributed by atoms with van der Waals surface area (Å²) in [5.74, 6) is -0.748. The first kappa shape index (κ1) is 21.8. The number of hydrogen-bond acceptors (Lipinski definition) is 5. The zero-order chi connectivity index (χ0) is 19.9. The number of anilines is 1. The molecule has 0 heterocycles. The topological polar surface area (TPSA) is 108 Å². The zero-order valence-electron chi connectivity index (χ0n) is 14.7. The van der Waals surface area contributed by atoms with Gasteiger partial charge < -0.3 is 15.8 Å². The van der Waals surface area contributed by atoms with Crippen molar-refractivity contribution in [2.24, 2.45) is 5.73 Å². The highest BCUT2D eigenvalue weighted by molar-refractivity contribution is 6.44. The minimum absolute atomic E-state index is 0.0747. The van der Waals surface area contributed by atoms with Gasteiger partial charge in [0.15, 0.2) is 0 Å². The number of hydrogen-bond donors (Lipinski definition) is 2. The molecule has 0 unspecified atom stereocenters. The average molecular weight is 399 g/mol. The van der Waals surface area contributed by atoms with E-state index < -0.39 is 17.6 Å². The molecule has 1 rings (SSSR count). The number of nitriles is 1. The Morgan fingerprint density at radius 1 is 1.38 bits per heavy atom. The van der Waals surface area contributed by atoms with Crippen LogP contribution < -0.4 is 11.1 Å². The van der Waals surface area contributed by atoms with Gasteiger partial charge in [0.25, 0.3) is 5.91 Å². The highest BCUT2D eigenvalue weighted by Gasteiger charge is 2.22. The molecule has 0 bridgehead atoms. The Morgan fingerprint density at radius 2 is 2.04 bits per heavy atom. The monoisotopic (exact) mass is 398 g/mol. The van der Waals surface area contributed by atoms with Crippen LogP contribution in [0.5, 0.6) is 0 Å². The molecule has 0 saturated heterocycles. The summed E-state index contributed by atoms with van der Waals surface area (Å²) in [6.45, 7) is 5.30. The van der Waals surface area contributed by atoms with Gasteiger partial charge in [-0.05, 0) is 32.9 Å². The lowest BCUT2D eigenvalue weighted by Crippen LogP contribution is -2.37. The van der Waals surface area contributed by atoms with Crippen LogP contribution in [0.15, 0.2) is 30.0 Å². The summed E-state index contributed by atoms with van der Waals surface area (Å²) in [6, 6.07) is 6.44. The summed E-state index contributed by atoms with van der Waals surface area (Å²) >= 11 is 11.9. The van der Waals surface area contributed by atoms with Crippen LogP contribution in [0, 0.1) is 11.3 Å². The summed E-state index contributed by atoms with van der Waals surface area (Å²) in [6.07, 6.45) is 0.374.